The molecule has 74 valence electrons. The predicted octanol–water partition coefficient (Wildman–Crippen LogP) is 4.35. The molecular formula is C12H26. The lowest BCUT2D eigenvalue weighted by atomic mass is 9.74. The number of hydrogen-bond donors (Lipinski definition) is 0. The Kier molecular flexibility index (Phi) is 5.61. The minimum absolute atomic E-state index is 0.849. The molecule has 0 saturated heterocycles. The van der Waals surface area contributed by atoms with E-state index in [9.17, 15) is 0 Å². The molecule has 0 heteroatoms. The van der Waals surface area contributed by atoms with Gasteiger partial charge in [0.1, 0.15) is 0 Å². The van der Waals surface area contributed by atoms with Crippen molar-refractivity contribution in [2.24, 2.45) is 23.7 Å². The lowest BCUT2D eigenvalue weighted by Gasteiger charge is -2.31. The van der Waals surface area contributed by atoms with Crippen LogP contribution in [0.2, 0.25) is 0 Å². The third-order valence-corrected chi connectivity index (χ3v) is 3.21. The molecule has 2 unspecified atom stereocenters. The van der Waals surface area contributed by atoms with Gasteiger partial charge in [0.25, 0.3) is 0 Å². The largest absolute Gasteiger partial charge is 0.0651 e. The van der Waals surface area contributed by atoms with Gasteiger partial charge in [-0.25, -0.2) is 0 Å². The van der Waals surface area contributed by atoms with Gasteiger partial charge in [-0.05, 0) is 23.7 Å². The smallest absolute Gasteiger partial charge is 0.0363 e. The van der Waals surface area contributed by atoms with E-state index in [1.807, 2.05) is 0 Å². The molecule has 12 heavy (non-hydrogen) atoms. The molecule has 0 amide bonds. The Hall–Kier alpha value is 0. The van der Waals surface area contributed by atoms with Crippen molar-refractivity contribution >= 4 is 0 Å². The highest BCUT2D eigenvalue weighted by molar-refractivity contribution is 4.73. The van der Waals surface area contributed by atoms with Crippen LogP contribution in [-0.4, -0.2) is 0 Å². The molecule has 0 bridgehead atoms. The van der Waals surface area contributed by atoms with Crippen LogP contribution >= 0.6 is 0 Å². The van der Waals surface area contributed by atoms with Crippen molar-refractivity contribution in [3.05, 3.63) is 0 Å². The maximum atomic E-state index is 2.36. The van der Waals surface area contributed by atoms with Crippen LogP contribution in [0, 0.1) is 23.7 Å². The highest BCUT2D eigenvalue weighted by Gasteiger charge is 2.23. The Morgan fingerprint density at radius 1 is 0.667 bits per heavy atom. The fraction of sp³-hybridized carbons (Fsp3) is 1.00. The van der Waals surface area contributed by atoms with E-state index in [2.05, 4.69) is 41.5 Å². The molecule has 0 saturated carbocycles. The molecule has 0 spiro atoms. The fourth-order valence-electron chi connectivity index (χ4n) is 2.54. The van der Waals surface area contributed by atoms with E-state index in [-0.39, 0.29) is 0 Å². The average Bonchev–Trinajstić information content (AvgIpc) is 1.98. The Labute approximate surface area is 78.8 Å². The first kappa shape index (κ1) is 12.0. The van der Waals surface area contributed by atoms with Crippen LogP contribution in [0.1, 0.15) is 54.4 Å². The van der Waals surface area contributed by atoms with Gasteiger partial charge in [-0.3, -0.25) is 0 Å². The molecular weight excluding hydrogens is 144 g/mol. The highest BCUT2D eigenvalue weighted by atomic mass is 14.3. The van der Waals surface area contributed by atoms with E-state index in [1.165, 1.54) is 12.8 Å². The molecule has 0 aromatic rings. The van der Waals surface area contributed by atoms with Gasteiger partial charge in [0.2, 0.25) is 0 Å². The molecule has 0 aromatic heterocycles. The number of hydrogen-bond acceptors (Lipinski definition) is 0. The van der Waals surface area contributed by atoms with Crippen molar-refractivity contribution < 1.29 is 0 Å². The molecule has 0 fully saturated rings. The first-order chi connectivity index (χ1) is 5.54. The van der Waals surface area contributed by atoms with E-state index in [1.54, 1.807) is 0 Å². The molecule has 2 atom stereocenters. The lowest BCUT2D eigenvalue weighted by Crippen LogP contribution is -2.23. The normalized spacial score (nSPS) is 17.0. The second-order valence-electron chi connectivity index (χ2n) is 4.63. The van der Waals surface area contributed by atoms with Gasteiger partial charge in [-0.1, -0.05) is 54.4 Å². The maximum Gasteiger partial charge on any atom is -0.0363 e. The molecule has 0 rings (SSSR count). The Morgan fingerprint density at radius 3 is 1.00 bits per heavy atom. The van der Waals surface area contributed by atoms with E-state index < -0.39 is 0 Å². The number of rotatable bonds is 5. The fourth-order valence-corrected chi connectivity index (χ4v) is 2.54. The summed E-state index contributed by atoms with van der Waals surface area (Å²) < 4.78 is 0. The van der Waals surface area contributed by atoms with Gasteiger partial charge in [0.05, 0.1) is 0 Å². The minimum atomic E-state index is 0.849. The lowest BCUT2D eigenvalue weighted by molar-refractivity contribution is 0.184. The zero-order valence-electron chi connectivity index (χ0n) is 9.72. The Morgan fingerprint density at radius 2 is 0.917 bits per heavy atom. The van der Waals surface area contributed by atoms with Crippen LogP contribution in [0.3, 0.4) is 0 Å². The summed E-state index contributed by atoms with van der Waals surface area (Å²) in [6.45, 7) is 14.1. The molecule has 0 radical (unpaired) electrons. The van der Waals surface area contributed by atoms with Crippen molar-refractivity contribution in [1.82, 2.24) is 0 Å². The monoisotopic (exact) mass is 170 g/mol. The third kappa shape index (κ3) is 3.16. The summed E-state index contributed by atoms with van der Waals surface area (Å²) in [7, 11) is 0. The van der Waals surface area contributed by atoms with Crippen molar-refractivity contribution in [2.45, 2.75) is 54.4 Å². The van der Waals surface area contributed by atoms with Gasteiger partial charge < -0.3 is 0 Å². The molecule has 0 N–H and O–H groups in total. The van der Waals surface area contributed by atoms with E-state index in [0.29, 0.717) is 0 Å². The summed E-state index contributed by atoms with van der Waals surface area (Å²) in [5.41, 5.74) is 0. The first-order valence-electron chi connectivity index (χ1n) is 5.54. The summed E-state index contributed by atoms with van der Waals surface area (Å²) in [4.78, 5) is 0. The van der Waals surface area contributed by atoms with Crippen LogP contribution in [0.5, 0.6) is 0 Å². The zero-order chi connectivity index (χ0) is 9.72. The Balaban J connectivity index is 4.23. The zero-order valence-corrected chi connectivity index (χ0v) is 9.72. The van der Waals surface area contributed by atoms with Gasteiger partial charge in [0, 0.05) is 0 Å². The predicted molar refractivity (Wildman–Crippen MR) is 57.2 cm³/mol. The van der Waals surface area contributed by atoms with Crippen LogP contribution in [0.15, 0.2) is 0 Å². The van der Waals surface area contributed by atoms with Gasteiger partial charge in [-0.2, -0.15) is 0 Å². The summed E-state index contributed by atoms with van der Waals surface area (Å²) in [5.74, 6) is 3.55. The summed E-state index contributed by atoms with van der Waals surface area (Å²) in [6.07, 6.45) is 2.68. The molecule has 0 aliphatic rings. The second kappa shape index (κ2) is 5.61. The van der Waals surface area contributed by atoms with E-state index in [0.717, 1.165) is 23.7 Å². The van der Waals surface area contributed by atoms with E-state index >= 15 is 0 Å². The van der Waals surface area contributed by atoms with Gasteiger partial charge in [0.15, 0.2) is 0 Å². The topological polar surface area (TPSA) is 0 Å². The third-order valence-electron chi connectivity index (χ3n) is 3.21. The summed E-state index contributed by atoms with van der Waals surface area (Å²) in [6, 6.07) is 0. The molecule has 0 aliphatic heterocycles. The highest BCUT2D eigenvalue weighted by Crippen LogP contribution is 2.32. The maximum absolute atomic E-state index is 2.36. The SMILES string of the molecule is CCC(C(C)C)C(CC)C(C)C. The summed E-state index contributed by atoms with van der Waals surface area (Å²) in [5, 5.41) is 0. The quantitative estimate of drug-likeness (QED) is 0.575. The van der Waals surface area contributed by atoms with Gasteiger partial charge in [-0.15, -0.1) is 0 Å². The standard InChI is InChI=1S/C12H26/c1-7-11(9(3)4)12(8-2)10(5)6/h9-12H,7-8H2,1-6H3. The minimum Gasteiger partial charge on any atom is -0.0651 e. The first-order valence-corrected chi connectivity index (χ1v) is 5.54. The van der Waals surface area contributed by atoms with Crippen LogP contribution in [0.25, 0.3) is 0 Å². The average molecular weight is 170 g/mol. The summed E-state index contributed by atoms with van der Waals surface area (Å²) >= 11 is 0. The van der Waals surface area contributed by atoms with Crippen molar-refractivity contribution in [3.8, 4) is 0 Å². The second-order valence-corrected chi connectivity index (χ2v) is 4.63. The van der Waals surface area contributed by atoms with Gasteiger partial charge >= 0.3 is 0 Å². The van der Waals surface area contributed by atoms with Crippen molar-refractivity contribution in [1.29, 1.82) is 0 Å². The molecule has 0 aliphatic carbocycles. The van der Waals surface area contributed by atoms with E-state index in [4.69, 9.17) is 0 Å². The van der Waals surface area contributed by atoms with Crippen molar-refractivity contribution in [2.75, 3.05) is 0 Å². The van der Waals surface area contributed by atoms with Crippen molar-refractivity contribution in [3.63, 3.8) is 0 Å². The molecule has 0 aromatic carbocycles. The van der Waals surface area contributed by atoms with Crippen LogP contribution in [0.4, 0.5) is 0 Å². The molecule has 0 heterocycles. The Bertz CT molecular complexity index is 88.6. The molecule has 0 nitrogen and oxygen atoms in total. The van der Waals surface area contributed by atoms with Crippen LogP contribution in [-0.2, 0) is 0 Å². The van der Waals surface area contributed by atoms with Crippen LogP contribution < -0.4 is 0 Å².